The van der Waals surface area contributed by atoms with Crippen molar-refractivity contribution in [2.45, 2.75) is 46.1 Å². The van der Waals surface area contributed by atoms with Crippen molar-refractivity contribution < 1.29 is 9.47 Å². The second-order valence-electron chi connectivity index (χ2n) is 6.61. The molecule has 26 heavy (non-hydrogen) atoms. The molecule has 0 spiro atoms. The molecule has 1 atom stereocenters. The van der Waals surface area contributed by atoms with Crippen LogP contribution in [0.3, 0.4) is 0 Å². The van der Waals surface area contributed by atoms with Crippen molar-refractivity contribution >= 4 is 41.3 Å². The van der Waals surface area contributed by atoms with Crippen molar-refractivity contribution in [3.05, 3.63) is 16.1 Å². The average molecular weight is 496 g/mol. The van der Waals surface area contributed by atoms with Crippen LogP contribution in [0.2, 0.25) is 0 Å². The molecule has 2 heterocycles. The minimum atomic E-state index is 0. The summed E-state index contributed by atoms with van der Waals surface area (Å²) in [6.07, 6.45) is 2.09. The van der Waals surface area contributed by atoms with E-state index in [1.807, 2.05) is 0 Å². The molecule has 2 N–H and O–H groups in total. The first kappa shape index (κ1) is 23.6. The summed E-state index contributed by atoms with van der Waals surface area (Å²) < 4.78 is 11.1. The molecule has 2 rings (SSSR count). The zero-order valence-corrected chi connectivity index (χ0v) is 19.3. The number of aromatic nitrogens is 1. The SMILES string of the molecule is CCNC(=NCc1csc(C(C)C)n1)NCCCOCC1CCOC1.I. The first-order chi connectivity index (χ1) is 12.2. The fourth-order valence-electron chi connectivity index (χ4n) is 2.51. The molecule has 1 fully saturated rings. The number of halogens is 1. The molecule has 8 heteroatoms. The number of nitrogens with zero attached hydrogens (tertiary/aromatic N) is 2. The van der Waals surface area contributed by atoms with E-state index < -0.39 is 0 Å². The highest BCUT2D eigenvalue weighted by Crippen LogP contribution is 2.19. The molecule has 1 unspecified atom stereocenters. The van der Waals surface area contributed by atoms with Gasteiger partial charge in [-0.15, -0.1) is 35.3 Å². The molecule has 1 aromatic heterocycles. The first-order valence-corrected chi connectivity index (χ1v) is 10.2. The minimum Gasteiger partial charge on any atom is -0.381 e. The molecule has 1 aromatic rings. The zero-order valence-electron chi connectivity index (χ0n) is 16.1. The Morgan fingerprint density at radius 3 is 2.96 bits per heavy atom. The van der Waals surface area contributed by atoms with E-state index in [4.69, 9.17) is 9.47 Å². The maximum atomic E-state index is 5.72. The Kier molecular flexibility index (Phi) is 12.4. The molecule has 1 aliphatic heterocycles. The highest BCUT2D eigenvalue weighted by atomic mass is 127. The molecule has 0 amide bonds. The van der Waals surface area contributed by atoms with Crippen molar-refractivity contribution in [3.63, 3.8) is 0 Å². The van der Waals surface area contributed by atoms with E-state index in [2.05, 4.69) is 46.8 Å². The van der Waals surface area contributed by atoms with Gasteiger partial charge in [-0.25, -0.2) is 9.98 Å². The molecular weight excluding hydrogens is 463 g/mol. The van der Waals surface area contributed by atoms with Crippen molar-refractivity contribution in [2.75, 3.05) is 39.5 Å². The molecule has 1 saturated heterocycles. The molecule has 6 nitrogen and oxygen atoms in total. The molecule has 0 aromatic carbocycles. The van der Waals surface area contributed by atoms with E-state index >= 15 is 0 Å². The van der Waals surface area contributed by atoms with E-state index in [0.29, 0.717) is 18.4 Å². The summed E-state index contributed by atoms with van der Waals surface area (Å²) in [5, 5.41) is 9.91. The summed E-state index contributed by atoms with van der Waals surface area (Å²) >= 11 is 1.71. The predicted octanol–water partition coefficient (Wildman–Crippen LogP) is 3.38. The number of guanidine groups is 1. The number of ether oxygens (including phenoxy) is 2. The molecule has 1 aliphatic rings. The van der Waals surface area contributed by atoms with Crippen LogP contribution in [0.1, 0.15) is 50.2 Å². The lowest BCUT2D eigenvalue weighted by Gasteiger charge is -2.12. The second-order valence-corrected chi connectivity index (χ2v) is 7.50. The van der Waals surface area contributed by atoms with Gasteiger partial charge in [0, 0.05) is 43.5 Å². The predicted molar refractivity (Wildman–Crippen MR) is 119 cm³/mol. The van der Waals surface area contributed by atoms with Crippen LogP contribution in [-0.4, -0.2) is 50.5 Å². The van der Waals surface area contributed by atoms with Crippen LogP contribution in [0.25, 0.3) is 0 Å². The second kappa shape index (κ2) is 13.7. The van der Waals surface area contributed by atoms with Gasteiger partial charge in [0.2, 0.25) is 0 Å². The monoisotopic (exact) mass is 496 g/mol. The highest BCUT2D eigenvalue weighted by Gasteiger charge is 2.15. The lowest BCUT2D eigenvalue weighted by molar-refractivity contribution is 0.0888. The third-order valence-corrected chi connectivity index (χ3v) is 5.14. The largest absolute Gasteiger partial charge is 0.381 e. The van der Waals surface area contributed by atoms with Gasteiger partial charge in [0.1, 0.15) is 0 Å². The average Bonchev–Trinajstić information content (AvgIpc) is 3.27. The van der Waals surface area contributed by atoms with Gasteiger partial charge in [0.25, 0.3) is 0 Å². The molecule has 150 valence electrons. The van der Waals surface area contributed by atoms with Gasteiger partial charge in [-0.1, -0.05) is 13.8 Å². The van der Waals surface area contributed by atoms with Gasteiger partial charge in [-0.05, 0) is 19.8 Å². The van der Waals surface area contributed by atoms with Crippen LogP contribution < -0.4 is 10.6 Å². The minimum absolute atomic E-state index is 0. The Bertz CT molecular complexity index is 519. The number of aliphatic imine (C=N–C) groups is 1. The van der Waals surface area contributed by atoms with E-state index in [1.54, 1.807) is 11.3 Å². The van der Waals surface area contributed by atoms with Gasteiger partial charge in [0.15, 0.2) is 5.96 Å². The van der Waals surface area contributed by atoms with Gasteiger partial charge < -0.3 is 20.1 Å². The summed E-state index contributed by atoms with van der Waals surface area (Å²) in [5.74, 6) is 1.90. The molecule has 0 radical (unpaired) electrons. The fourth-order valence-corrected chi connectivity index (χ4v) is 3.33. The Balaban J connectivity index is 0.00000338. The van der Waals surface area contributed by atoms with Gasteiger partial charge in [-0.3, -0.25) is 0 Å². The third-order valence-electron chi connectivity index (χ3n) is 3.94. The van der Waals surface area contributed by atoms with Crippen LogP contribution >= 0.6 is 35.3 Å². The standard InChI is InChI=1S/C18H32N4O2S.HI/c1-4-19-18(21-10-16-13-25-17(22-16)14(2)3)20-7-5-8-23-11-15-6-9-24-12-15;/h13-15H,4-12H2,1-3H3,(H2,19,20,21);1H. The smallest absolute Gasteiger partial charge is 0.191 e. The van der Waals surface area contributed by atoms with Crippen molar-refractivity contribution in [3.8, 4) is 0 Å². The van der Waals surface area contributed by atoms with Crippen molar-refractivity contribution in [2.24, 2.45) is 10.9 Å². The van der Waals surface area contributed by atoms with Gasteiger partial charge >= 0.3 is 0 Å². The maximum absolute atomic E-state index is 5.72. The van der Waals surface area contributed by atoms with Crippen LogP contribution in [0, 0.1) is 5.92 Å². The Labute approximate surface area is 178 Å². The van der Waals surface area contributed by atoms with E-state index in [9.17, 15) is 0 Å². The Morgan fingerprint density at radius 1 is 1.46 bits per heavy atom. The highest BCUT2D eigenvalue weighted by molar-refractivity contribution is 14.0. The summed E-state index contributed by atoms with van der Waals surface area (Å²) in [7, 11) is 0. The normalized spacial score (nSPS) is 17.4. The lowest BCUT2D eigenvalue weighted by Crippen LogP contribution is -2.38. The Hall–Kier alpha value is -0.450. The van der Waals surface area contributed by atoms with E-state index in [-0.39, 0.29) is 24.0 Å². The summed E-state index contributed by atoms with van der Waals surface area (Å²) in [6, 6.07) is 0. The topological polar surface area (TPSA) is 67.8 Å². The third kappa shape index (κ3) is 8.96. The van der Waals surface area contributed by atoms with Crippen molar-refractivity contribution in [1.29, 1.82) is 0 Å². The lowest BCUT2D eigenvalue weighted by atomic mass is 10.1. The Morgan fingerprint density at radius 2 is 2.31 bits per heavy atom. The van der Waals surface area contributed by atoms with E-state index in [1.165, 1.54) is 5.01 Å². The van der Waals surface area contributed by atoms with Crippen LogP contribution in [0.15, 0.2) is 10.4 Å². The summed E-state index contributed by atoms with van der Waals surface area (Å²) in [4.78, 5) is 9.24. The fraction of sp³-hybridized carbons (Fsp3) is 0.778. The zero-order chi connectivity index (χ0) is 17.9. The maximum Gasteiger partial charge on any atom is 0.191 e. The molecule has 0 aliphatic carbocycles. The number of rotatable bonds is 10. The first-order valence-electron chi connectivity index (χ1n) is 9.31. The van der Waals surface area contributed by atoms with Gasteiger partial charge in [-0.2, -0.15) is 0 Å². The molecular formula is C18H33IN4O2S. The number of thiazole rings is 1. The van der Waals surface area contributed by atoms with E-state index in [0.717, 1.165) is 64.0 Å². The van der Waals surface area contributed by atoms with Crippen molar-refractivity contribution in [1.82, 2.24) is 15.6 Å². The molecule has 0 saturated carbocycles. The van der Waals surface area contributed by atoms with Crippen LogP contribution in [-0.2, 0) is 16.0 Å². The summed E-state index contributed by atoms with van der Waals surface area (Å²) in [6.45, 7) is 12.0. The number of hydrogen-bond donors (Lipinski definition) is 2. The summed E-state index contributed by atoms with van der Waals surface area (Å²) in [5.41, 5.74) is 1.04. The van der Waals surface area contributed by atoms with Crippen LogP contribution in [0.4, 0.5) is 0 Å². The number of hydrogen-bond acceptors (Lipinski definition) is 5. The number of nitrogens with one attached hydrogen (secondary N) is 2. The van der Waals surface area contributed by atoms with Crippen LogP contribution in [0.5, 0.6) is 0 Å². The van der Waals surface area contributed by atoms with Gasteiger partial charge in [0.05, 0.1) is 30.5 Å². The quantitative estimate of drug-likeness (QED) is 0.225. The molecule has 0 bridgehead atoms.